The summed E-state index contributed by atoms with van der Waals surface area (Å²) in [4.78, 5) is 25.8. The lowest BCUT2D eigenvalue weighted by Crippen LogP contribution is -2.50. The molecule has 6 rings (SSSR count). The molecule has 2 fully saturated rings. The van der Waals surface area contributed by atoms with Gasteiger partial charge in [0.1, 0.15) is 11.5 Å². The molecule has 4 nitrogen and oxygen atoms in total. The van der Waals surface area contributed by atoms with Crippen LogP contribution >= 0.6 is 0 Å². The zero-order chi connectivity index (χ0) is 19.5. The Kier molecular flexibility index (Phi) is 4.15. The lowest BCUT2D eigenvalue weighted by Gasteiger charge is -2.54. The van der Waals surface area contributed by atoms with Crippen molar-refractivity contribution >= 4 is 11.9 Å². The maximum Gasteiger partial charge on any atom is 0.340 e. The van der Waals surface area contributed by atoms with Crippen LogP contribution in [0.1, 0.15) is 65.2 Å². The van der Waals surface area contributed by atoms with Crippen LogP contribution in [0.4, 0.5) is 0 Å². The predicted octanol–water partition coefficient (Wildman–Crippen LogP) is 5.13. The van der Waals surface area contributed by atoms with Crippen LogP contribution in [-0.2, 0) is 19.1 Å². The zero-order valence-electron chi connectivity index (χ0n) is 16.8. The predicted molar refractivity (Wildman–Crippen MR) is 105 cm³/mol. The Labute approximate surface area is 166 Å². The maximum absolute atomic E-state index is 13.0. The largest absolute Gasteiger partial charge is 0.427 e. The monoisotopic (exact) mass is 380 g/mol. The molecule has 28 heavy (non-hydrogen) atoms. The van der Waals surface area contributed by atoms with Crippen LogP contribution in [0.3, 0.4) is 0 Å². The number of cyclic esters (lactones) is 2. The molecule has 2 bridgehead atoms. The van der Waals surface area contributed by atoms with E-state index in [1.54, 1.807) is 0 Å². The third-order valence-electron chi connectivity index (χ3n) is 7.43. The molecule has 2 aliphatic heterocycles. The van der Waals surface area contributed by atoms with Crippen molar-refractivity contribution in [3.63, 3.8) is 0 Å². The topological polar surface area (TPSA) is 52.6 Å². The van der Waals surface area contributed by atoms with Crippen LogP contribution in [0, 0.1) is 23.2 Å². The number of hydrogen-bond donors (Lipinski definition) is 0. The van der Waals surface area contributed by atoms with E-state index >= 15 is 0 Å². The van der Waals surface area contributed by atoms with Gasteiger partial charge in [0.05, 0.1) is 5.41 Å². The fraction of sp³-hybridized carbons (Fsp3) is 0.583. The van der Waals surface area contributed by atoms with Crippen molar-refractivity contribution in [1.82, 2.24) is 0 Å². The molecule has 0 aromatic rings. The van der Waals surface area contributed by atoms with Gasteiger partial charge >= 0.3 is 11.9 Å². The average Bonchev–Trinajstić information content (AvgIpc) is 3.19. The number of ether oxygens (including phenoxy) is 2. The van der Waals surface area contributed by atoms with E-state index in [0.717, 1.165) is 79.6 Å². The Balaban J connectivity index is 1.68. The SMILES string of the molecule is CCC/C=C1\OC(=O)C2=C1CC[C@H]1[C@H]3C=C4C(=O)O/C(=C\CCC)C4(CC3)[C@@H]21. The lowest BCUT2D eigenvalue weighted by molar-refractivity contribution is -0.135. The highest BCUT2D eigenvalue weighted by Gasteiger charge is 2.66. The first-order valence-electron chi connectivity index (χ1n) is 10.9. The first-order valence-corrected chi connectivity index (χ1v) is 10.9. The fourth-order valence-corrected chi connectivity index (χ4v) is 6.29. The van der Waals surface area contributed by atoms with Crippen LogP contribution in [-0.4, -0.2) is 11.9 Å². The van der Waals surface area contributed by atoms with Gasteiger partial charge in [-0.2, -0.15) is 0 Å². The molecular formula is C24H28O4. The van der Waals surface area contributed by atoms with Crippen molar-refractivity contribution in [3.8, 4) is 0 Å². The summed E-state index contributed by atoms with van der Waals surface area (Å²) in [6, 6.07) is 0. The summed E-state index contributed by atoms with van der Waals surface area (Å²) in [5.41, 5.74) is 2.29. The van der Waals surface area contributed by atoms with Gasteiger partial charge in [0.2, 0.25) is 0 Å². The van der Waals surface area contributed by atoms with Crippen LogP contribution in [0.15, 0.2) is 46.5 Å². The van der Waals surface area contributed by atoms with E-state index in [1.165, 1.54) is 0 Å². The number of carbonyl (C=O) groups is 2. The molecule has 4 heteroatoms. The second-order valence-electron chi connectivity index (χ2n) is 8.82. The molecule has 1 saturated heterocycles. The number of rotatable bonds is 4. The van der Waals surface area contributed by atoms with E-state index < -0.39 is 5.41 Å². The normalized spacial score (nSPS) is 38.4. The van der Waals surface area contributed by atoms with E-state index in [-0.39, 0.29) is 17.9 Å². The Bertz CT molecular complexity index is 871. The van der Waals surface area contributed by atoms with E-state index in [4.69, 9.17) is 9.47 Å². The van der Waals surface area contributed by atoms with Crippen molar-refractivity contribution in [2.75, 3.05) is 0 Å². The highest BCUT2D eigenvalue weighted by atomic mass is 16.5. The van der Waals surface area contributed by atoms with Gasteiger partial charge in [0.25, 0.3) is 0 Å². The van der Waals surface area contributed by atoms with Gasteiger partial charge < -0.3 is 9.47 Å². The molecule has 148 valence electrons. The van der Waals surface area contributed by atoms with Gasteiger partial charge in [-0.3, -0.25) is 0 Å². The lowest BCUT2D eigenvalue weighted by atomic mass is 9.47. The summed E-state index contributed by atoms with van der Waals surface area (Å²) in [6.07, 6.45) is 14.1. The molecule has 1 unspecified atom stereocenters. The molecule has 1 saturated carbocycles. The molecule has 4 aliphatic carbocycles. The van der Waals surface area contributed by atoms with Crippen LogP contribution in [0.25, 0.3) is 0 Å². The van der Waals surface area contributed by atoms with Crippen LogP contribution in [0.2, 0.25) is 0 Å². The Morgan fingerprint density at radius 3 is 2.64 bits per heavy atom. The first kappa shape index (κ1) is 18.0. The van der Waals surface area contributed by atoms with Crippen molar-refractivity contribution in [2.24, 2.45) is 23.2 Å². The minimum atomic E-state index is -0.452. The van der Waals surface area contributed by atoms with Crippen molar-refractivity contribution in [1.29, 1.82) is 0 Å². The van der Waals surface area contributed by atoms with Crippen LogP contribution in [0.5, 0.6) is 0 Å². The number of unbranched alkanes of at least 4 members (excludes halogenated alkanes) is 2. The molecule has 0 aromatic carbocycles. The number of hydrogen-bond acceptors (Lipinski definition) is 4. The average molecular weight is 380 g/mol. The minimum Gasteiger partial charge on any atom is -0.427 e. The van der Waals surface area contributed by atoms with Crippen molar-refractivity contribution in [2.45, 2.75) is 65.2 Å². The highest BCUT2D eigenvalue weighted by molar-refractivity contribution is 5.99. The van der Waals surface area contributed by atoms with E-state index in [2.05, 4.69) is 32.1 Å². The molecule has 0 amide bonds. The molecule has 6 aliphatic rings. The Morgan fingerprint density at radius 2 is 1.86 bits per heavy atom. The maximum atomic E-state index is 13.0. The van der Waals surface area contributed by atoms with Crippen molar-refractivity contribution in [3.05, 3.63) is 46.5 Å². The number of esters is 2. The standard InChI is InChI=1S/C24H28O4/c1-3-5-7-18-16-10-9-15-14-11-12-24(21(15)20(16)23(26)27-18)17(13-14)22(25)28-19(24)8-6-4-2/h7-8,13-15,21H,3-6,9-12H2,1-2H3/b18-7-,19-8-/t14-,15+,21-,24?/m1/s1. The summed E-state index contributed by atoms with van der Waals surface area (Å²) < 4.78 is 11.6. The van der Waals surface area contributed by atoms with Gasteiger partial charge in [0.15, 0.2) is 0 Å². The Morgan fingerprint density at radius 1 is 1.07 bits per heavy atom. The third kappa shape index (κ3) is 2.23. The van der Waals surface area contributed by atoms with Crippen LogP contribution < -0.4 is 0 Å². The second-order valence-corrected chi connectivity index (χ2v) is 8.82. The summed E-state index contributed by atoms with van der Waals surface area (Å²) in [7, 11) is 0. The number of carbonyl (C=O) groups excluding carboxylic acids is 2. The van der Waals surface area contributed by atoms with Crippen molar-refractivity contribution < 1.29 is 19.1 Å². The zero-order valence-corrected chi connectivity index (χ0v) is 16.8. The summed E-state index contributed by atoms with van der Waals surface area (Å²) in [6.45, 7) is 4.26. The second kappa shape index (κ2) is 6.47. The van der Waals surface area contributed by atoms with E-state index in [9.17, 15) is 9.59 Å². The summed E-state index contributed by atoms with van der Waals surface area (Å²) in [5.74, 6) is 1.96. The molecule has 0 N–H and O–H groups in total. The first-order chi connectivity index (χ1) is 13.6. The quantitative estimate of drug-likeness (QED) is 0.635. The highest BCUT2D eigenvalue weighted by Crippen LogP contribution is 2.68. The fourth-order valence-electron chi connectivity index (χ4n) is 6.29. The number of fused-ring (bicyclic) bond motifs is 1. The molecule has 4 atom stereocenters. The molecule has 1 spiro atoms. The smallest absolute Gasteiger partial charge is 0.340 e. The van der Waals surface area contributed by atoms with Gasteiger partial charge in [-0.15, -0.1) is 0 Å². The van der Waals surface area contributed by atoms with Gasteiger partial charge in [-0.1, -0.05) is 32.8 Å². The van der Waals surface area contributed by atoms with E-state index in [1.807, 2.05) is 0 Å². The molecule has 0 radical (unpaired) electrons. The number of allylic oxidation sites excluding steroid dienone is 5. The molecule has 0 aromatic heterocycles. The van der Waals surface area contributed by atoms with Gasteiger partial charge in [0, 0.05) is 22.6 Å². The summed E-state index contributed by atoms with van der Waals surface area (Å²) >= 11 is 0. The van der Waals surface area contributed by atoms with Gasteiger partial charge in [-0.25, -0.2) is 9.59 Å². The van der Waals surface area contributed by atoms with E-state index in [0.29, 0.717) is 11.8 Å². The molecular weight excluding hydrogens is 352 g/mol. The molecule has 2 heterocycles. The third-order valence-corrected chi connectivity index (χ3v) is 7.43. The summed E-state index contributed by atoms with van der Waals surface area (Å²) in [5, 5.41) is 0. The Hall–Kier alpha value is -2.10. The minimum absolute atomic E-state index is 0.0181. The van der Waals surface area contributed by atoms with Gasteiger partial charge in [-0.05, 0) is 62.5 Å².